The van der Waals surface area contributed by atoms with Crippen molar-refractivity contribution < 1.29 is 9.90 Å². The number of fused-ring (bicyclic) bond motifs is 1. The van der Waals surface area contributed by atoms with Crippen molar-refractivity contribution in [3.8, 4) is 6.07 Å². The molecule has 4 heteroatoms. The molecule has 1 saturated heterocycles. The minimum Gasteiger partial charge on any atom is -0.388 e. The van der Waals surface area contributed by atoms with E-state index in [4.69, 9.17) is 0 Å². The Morgan fingerprint density at radius 3 is 2.46 bits per heavy atom. The molecule has 1 saturated carbocycles. The largest absolute Gasteiger partial charge is 0.388 e. The summed E-state index contributed by atoms with van der Waals surface area (Å²) in [4.78, 5) is 14.8. The molecule has 0 radical (unpaired) electrons. The number of carbonyl (C=O) groups is 1. The van der Waals surface area contributed by atoms with Gasteiger partial charge in [-0.25, -0.2) is 0 Å². The van der Waals surface area contributed by atoms with Crippen molar-refractivity contribution in [1.82, 2.24) is 4.90 Å². The fraction of sp³-hybridized carbons (Fsp3) is 0.545. The number of hydrogen-bond donors (Lipinski definition) is 1. The summed E-state index contributed by atoms with van der Waals surface area (Å²) in [7, 11) is 0. The Balaban J connectivity index is 1.76. The average molecular weight is 350 g/mol. The molecular formula is C22H26N2O2. The number of aliphatic hydroxyl groups is 1. The van der Waals surface area contributed by atoms with Gasteiger partial charge in [-0.3, -0.25) is 4.79 Å². The van der Waals surface area contributed by atoms with Crippen molar-refractivity contribution in [2.24, 2.45) is 11.3 Å². The summed E-state index contributed by atoms with van der Waals surface area (Å²) in [6.45, 7) is 5.80. The zero-order valence-electron chi connectivity index (χ0n) is 15.6. The molecule has 2 fully saturated rings. The van der Waals surface area contributed by atoms with E-state index in [2.05, 4.69) is 11.0 Å². The Hall–Kier alpha value is -2.12. The Bertz CT molecular complexity index is 817. The predicted molar refractivity (Wildman–Crippen MR) is 100.0 cm³/mol. The quantitative estimate of drug-likeness (QED) is 0.904. The Morgan fingerprint density at radius 2 is 1.88 bits per heavy atom. The Kier molecular flexibility index (Phi) is 4.16. The molecule has 2 aliphatic carbocycles. The molecule has 1 aromatic carbocycles. The van der Waals surface area contributed by atoms with Crippen LogP contribution in [0, 0.1) is 22.7 Å². The highest BCUT2D eigenvalue weighted by atomic mass is 16.3. The molecule has 1 aliphatic heterocycles. The van der Waals surface area contributed by atoms with Gasteiger partial charge in [0.2, 0.25) is 0 Å². The van der Waals surface area contributed by atoms with Crippen molar-refractivity contribution in [3.63, 3.8) is 0 Å². The van der Waals surface area contributed by atoms with Crippen molar-refractivity contribution >= 4 is 11.5 Å². The van der Waals surface area contributed by atoms with Gasteiger partial charge in [0.15, 0.2) is 5.78 Å². The van der Waals surface area contributed by atoms with Crippen LogP contribution < -0.4 is 0 Å². The van der Waals surface area contributed by atoms with Crippen LogP contribution in [0.25, 0.3) is 5.70 Å². The number of aliphatic hydroxyl groups excluding tert-OH is 1. The van der Waals surface area contributed by atoms with Crippen LogP contribution >= 0.6 is 0 Å². The highest BCUT2D eigenvalue weighted by Gasteiger charge is 2.45. The lowest BCUT2D eigenvalue weighted by Crippen LogP contribution is -2.36. The second-order valence-electron chi connectivity index (χ2n) is 8.53. The number of carbonyl (C=O) groups excluding carboxylic acids is 1. The number of allylic oxidation sites excluding steroid dienone is 1. The van der Waals surface area contributed by atoms with Crippen LogP contribution in [0.5, 0.6) is 0 Å². The second-order valence-corrected chi connectivity index (χ2v) is 8.53. The normalized spacial score (nSPS) is 22.4. The molecular weight excluding hydrogens is 324 g/mol. The fourth-order valence-electron chi connectivity index (χ4n) is 4.39. The van der Waals surface area contributed by atoms with Gasteiger partial charge in [-0.05, 0) is 54.2 Å². The van der Waals surface area contributed by atoms with Gasteiger partial charge >= 0.3 is 0 Å². The summed E-state index contributed by atoms with van der Waals surface area (Å²) in [6.07, 6.45) is 4.68. The lowest BCUT2D eigenvalue weighted by molar-refractivity contribution is -0.114. The highest BCUT2D eigenvalue weighted by molar-refractivity contribution is 6.09. The Labute approximate surface area is 155 Å². The first kappa shape index (κ1) is 17.3. The van der Waals surface area contributed by atoms with Gasteiger partial charge in [0.1, 0.15) is 11.6 Å². The van der Waals surface area contributed by atoms with Crippen LogP contribution in [0.1, 0.15) is 62.3 Å². The third-order valence-corrected chi connectivity index (χ3v) is 6.44. The van der Waals surface area contributed by atoms with Crippen molar-refractivity contribution in [2.45, 2.75) is 52.1 Å². The summed E-state index contributed by atoms with van der Waals surface area (Å²) in [5.74, 6) is 0.0321. The van der Waals surface area contributed by atoms with E-state index in [9.17, 15) is 15.2 Å². The number of Topliss-reactive ketones (excluding diaryl/α,β-unsaturated/α-hetero) is 1. The van der Waals surface area contributed by atoms with E-state index in [1.807, 2.05) is 32.0 Å². The van der Waals surface area contributed by atoms with Gasteiger partial charge in [-0.15, -0.1) is 0 Å². The van der Waals surface area contributed by atoms with Crippen LogP contribution in [-0.2, 0) is 11.2 Å². The highest BCUT2D eigenvalue weighted by Crippen LogP contribution is 2.54. The van der Waals surface area contributed by atoms with E-state index in [0.717, 1.165) is 48.3 Å². The van der Waals surface area contributed by atoms with E-state index in [0.29, 0.717) is 11.0 Å². The molecule has 1 aromatic rings. The lowest BCUT2D eigenvalue weighted by Gasteiger charge is -2.38. The number of likely N-dealkylation sites (tertiary alicyclic amines) is 1. The van der Waals surface area contributed by atoms with Crippen LogP contribution in [0.4, 0.5) is 0 Å². The van der Waals surface area contributed by atoms with Crippen LogP contribution in [0.2, 0.25) is 0 Å². The predicted octanol–water partition coefficient (Wildman–Crippen LogP) is 3.61. The molecule has 26 heavy (non-hydrogen) atoms. The van der Waals surface area contributed by atoms with Gasteiger partial charge < -0.3 is 10.0 Å². The number of ketones is 1. The smallest absolute Gasteiger partial charge is 0.179 e. The maximum Gasteiger partial charge on any atom is 0.179 e. The topological polar surface area (TPSA) is 64.3 Å². The van der Waals surface area contributed by atoms with E-state index >= 15 is 0 Å². The monoisotopic (exact) mass is 350 g/mol. The summed E-state index contributed by atoms with van der Waals surface area (Å²) in [5, 5.41) is 20.2. The molecule has 1 atom stereocenters. The average Bonchev–Trinajstić information content (AvgIpc) is 3.39. The van der Waals surface area contributed by atoms with Crippen molar-refractivity contribution in [3.05, 3.63) is 40.5 Å². The van der Waals surface area contributed by atoms with Gasteiger partial charge in [0.25, 0.3) is 0 Å². The minimum absolute atomic E-state index is 0.0844. The zero-order chi connectivity index (χ0) is 18.5. The summed E-state index contributed by atoms with van der Waals surface area (Å²) < 4.78 is 0. The molecule has 4 rings (SSSR count). The summed E-state index contributed by atoms with van der Waals surface area (Å²) in [6, 6.07) is 8.05. The van der Waals surface area contributed by atoms with Gasteiger partial charge in [-0.1, -0.05) is 26.0 Å². The minimum atomic E-state index is -0.541. The summed E-state index contributed by atoms with van der Waals surface area (Å²) >= 11 is 0. The van der Waals surface area contributed by atoms with E-state index in [1.54, 1.807) is 0 Å². The molecule has 1 unspecified atom stereocenters. The van der Waals surface area contributed by atoms with E-state index in [1.165, 1.54) is 12.8 Å². The molecule has 4 nitrogen and oxygen atoms in total. The van der Waals surface area contributed by atoms with Gasteiger partial charge in [0, 0.05) is 25.1 Å². The SMILES string of the molecule is CC(C)C(O)c1ccc2c(c1)C(N1CCC3(CC1)CC3)=C(C#N)C(=O)C2. The molecule has 0 amide bonds. The number of nitrogens with zero attached hydrogens (tertiary/aromatic N) is 2. The maximum absolute atomic E-state index is 12.6. The number of hydrogen-bond acceptors (Lipinski definition) is 4. The first-order chi connectivity index (χ1) is 12.4. The molecule has 0 aromatic heterocycles. The van der Waals surface area contributed by atoms with Crippen LogP contribution in [0.15, 0.2) is 23.8 Å². The second kappa shape index (κ2) is 6.25. The van der Waals surface area contributed by atoms with Crippen molar-refractivity contribution in [2.75, 3.05) is 13.1 Å². The molecule has 3 aliphatic rings. The first-order valence-corrected chi connectivity index (χ1v) is 9.68. The van der Waals surface area contributed by atoms with E-state index in [-0.39, 0.29) is 18.1 Å². The zero-order valence-corrected chi connectivity index (χ0v) is 15.6. The standard InChI is InChI=1S/C22H26N2O2/c1-14(2)21(26)16-4-3-15-12-19(25)18(13-23)20(17(15)11-16)24-9-7-22(5-6-22)8-10-24/h3-4,11,14,21,26H,5-10,12H2,1-2H3. The maximum atomic E-state index is 12.6. The van der Waals surface area contributed by atoms with Gasteiger partial charge in [-0.2, -0.15) is 5.26 Å². The Morgan fingerprint density at radius 1 is 1.19 bits per heavy atom. The molecule has 0 bridgehead atoms. The molecule has 1 spiro atoms. The lowest BCUT2D eigenvalue weighted by atomic mass is 9.84. The molecule has 1 heterocycles. The summed E-state index contributed by atoms with van der Waals surface area (Å²) in [5.41, 5.74) is 4.42. The van der Waals surface area contributed by atoms with Crippen LogP contribution in [-0.4, -0.2) is 28.9 Å². The number of nitriles is 1. The third-order valence-electron chi connectivity index (χ3n) is 6.44. The van der Waals surface area contributed by atoms with E-state index < -0.39 is 6.10 Å². The van der Waals surface area contributed by atoms with Gasteiger partial charge in [0.05, 0.1) is 11.8 Å². The van der Waals surface area contributed by atoms with Crippen LogP contribution in [0.3, 0.4) is 0 Å². The molecule has 136 valence electrons. The molecule has 1 N–H and O–H groups in total. The third kappa shape index (κ3) is 2.85. The first-order valence-electron chi connectivity index (χ1n) is 9.68. The fourth-order valence-corrected chi connectivity index (χ4v) is 4.39. The number of rotatable bonds is 3. The van der Waals surface area contributed by atoms with Crippen molar-refractivity contribution in [1.29, 1.82) is 5.26 Å². The number of benzene rings is 1. The number of piperidine rings is 1.